The van der Waals surface area contributed by atoms with E-state index in [1.165, 1.54) is 0 Å². The Morgan fingerprint density at radius 3 is 2.48 bits per heavy atom. The van der Waals surface area contributed by atoms with Crippen LogP contribution in [0.1, 0.15) is 35.2 Å². The van der Waals surface area contributed by atoms with Gasteiger partial charge < -0.3 is 24.3 Å². The SMILES string of the molecule is O=C(N[C@@H](COC1CCCCO1)C(=O)OCC(=O)c1ccc(Br)cc1)OCc1ccccc1. The zero-order valence-corrected chi connectivity index (χ0v) is 19.6. The molecular formula is C24H26BrNO7. The number of hydrogen-bond acceptors (Lipinski definition) is 7. The molecule has 2 atom stereocenters. The highest BCUT2D eigenvalue weighted by atomic mass is 79.9. The predicted molar refractivity (Wildman–Crippen MR) is 123 cm³/mol. The Kier molecular flexibility index (Phi) is 9.86. The van der Waals surface area contributed by atoms with Gasteiger partial charge in [-0.25, -0.2) is 9.59 Å². The molecular weight excluding hydrogens is 494 g/mol. The summed E-state index contributed by atoms with van der Waals surface area (Å²) in [4.78, 5) is 37.2. The fraction of sp³-hybridized carbons (Fsp3) is 0.375. The lowest BCUT2D eigenvalue weighted by Crippen LogP contribution is -2.46. The zero-order chi connectivity index (χ0) is 23.5. The second kappa shape index (κ2) is 13.1. The number of nitrogens with one attached hydrogen (secondary N) is 1. The Morgan fingerprint density at radius 2 is 1.79 bits per heavy atom. The van der Waals surface area contributed by atoms with E-state index in [-0.39, 0.29) is 19.0 Å². The number of carbonyl (C=O) groups excluding carboxylic acids is 3. The lowest BCUT2D eigenvalue weighted by atomic mass is 10.1. The summed E-state index contributed by atoms with van der Waals surface area (Å²) in [6.45, 7) is -0.00878. The summed E-state index contributed by atoms with van der Waals surface area (Å²) in [7, 11) is 0. The van der Waals surface area contributed by atoms with Crippen molar-refractivity contribution in [1.29, 1.82) is 0 Å². The predicted octanol–water partition coefficient (Wildman–Crippen LogP) is 4.01. The van der Waals surface area contributed by atoms with E-state index in [1.807, 2.05) is 30.3 Å². The van der Waals surface area contributed by atoms with Crippen molar-refractivity contribution in [3.63, 3.8) is 0 Å². The van der Waals surface area contributed by atoms with Crippen LogP contribution < -0.4 is 5.32 Å². The van der Waals surface area contributed by atoms with Gasteiger partial charge in [0.05, 0.1) is 6.61 Å². The van der Waals surface area contributed by atoms with Crippen molar-refractivity contribution in [1.82, 2.24) is 5.32 Å². The third kappa shape index (κ3) is 8.60. The maximum Gasteiger partial charge on any atom is 0.408 e. The number of halogens is 1. The molecule has 2 aromatic carbocycles. The molecule has 1 N–H and O–H groups in total. The first-order valence-electron chi connectivity index (χ1n) is 10.7. The van der Waals surface area contributed by atoms with Crippen molar-refractivity contribution < 1.29 is 33.3 Å². The van der Waals surface area contributed by atoms with E-state index in [0.717, 1.165) is 22.9 Å². The lowest BCUT2D eigenvalue weighted by Gasteiger charge is -2.25. The lowest BCUT2D eigenvalue weighted by molar-refractivity contribution is -0.172. The number of Topliss-reactive ketones (excluding diaryl/α,β-unsaturated/α-hetero) is 1. The summed E-state index contributed by atoms with van der Waals surface area (Å²) in [5.41, 5.74) is 1.21. The van der Waals surface area contributed by atoms with Crippen LogP contribution in [0.4, 0.5) is 4.79 Å². The topological polar surface area (TPSA) is 100 Å². The largest absolute Gasteiger partial charge is 0.456 e. The molecule has 1 aliphatic heterocycles. The number of benzene rings is 2. The van der Waals surface area contributed by atoms with Gasteiger partial charge in [0.25, 0.3) is 0 Å². The van der Waals surface area contributed by atoms with Gasteiger partial charge in [-0.15, -0.1) is 0 Å². The number of alkyl carbamates (subject to hydrolysis) is 1. The van der Waals surface area contributed by atoms with Gasteiger partial charge >= 0.3 is 12.1 Å². The third-order valence-corrected chi connectivity index (χ3v) is 5.42. The van der Waals surface area contributed by atoms with Crippen LogP contribution in [0.5, 0.6) is 0 Å². The van der Waals surface area contributed by atoms with Crippen LogP contribution in [0.25, 0.3) is 0 Å². The molecule has 2 aromatic rings. The molecule has 8 nitrogen and oxygen atoms in total. The molecule has 1 heterocycles. The Balaban J connectivity index is 1.54. The number of ether oxygens (including phenoxy) is 4. The van der Waals surface area contributed by atoms with E-state index >= 15 is 0 Å². The van der Waals surface area contributed by atoms with E-state index in [0.29, 0.717) is 18.6 Å². The molecule has 0 aliphatic carbocycles. The molecule has 1 fully saturated rings. The van der Waals surface area contributed by atoms with Crippen molar-refractivity contribution in [3.05, 3.63) is 70.2 Å². The molecule has 1 saturated heterocycles. The quantitative estimate of drug-likeness (QED) is 0.373. The van der Waals surface area contributed by atoms with E-state index in [4.69, 9.17) is 18.9 Å². The fourth-order valence-corrected chi connectivity index (χ4v) is 3.34. The zero-order valence-electron chi connectivity index (χ0n) is 18.0. The van der Waals surface area contributed by atoms with E-state index < -0.39 is 31.0 Å². The monoisotopic (exact) mass is 519 g/mol. The molecule has 0 spiro atoms. The molecule has 1 unspecified atom stereocenters. The van der Waals surface area contributed by atoms with Crippen LogP contribution in [0.15, 0.2) is 59.1 Å². The average molecular weight is 520 g/mol. The van der Waals surface area contributed by atoms with Crippen LogP contribution in [0.2, 0.25) is 0 Å². The number of hydrogen-bond donors (Lipinski definition) is 1. The summed E-state index contributed by atoms with van der Waals surface area (Å²) in [5.74, 6) is -1.16. The van der Waals surface area contributed by atoms with Gasteiger partial charge in [0.1, 0.15) is 6.61 Å². The van der Waals surface area contributed by atoms with Gasteiger partial charge in [0.2, 0.25) is 0 Å². The number of carbonyl (C=O) groups is 3. The number of rotatable bonds is 10. The Labute approximate surface area is 200 Å². The maximum absolute atomic E-state index is 12.6. The van der Waals surface area contributed by atoms with Gasteiger partial charge in [-0.3, -0.25) is 4.79 Å². The first-order valence-corrected chi connectivity index (χ1v) is 11.5. The van der Waals surface area contributed by atoms with Crippen molar-refractivity contribution in [3.8, 4) is 0 Å². The maximum atomic E-state index is 12.6. The summed E-state index contributed by atoms with van der Waals surface area (Å²) in [6, 6.07) is 14.7. The molecule has 0 aromatic heterocycles. The van der Waals surface area contributed by atoms with Crippen LogP contribution >= 0.6 is 15.9 Å². The number of esters is 1. The average Bonchev–Trinajstić information content (AvgIpc) is 2.85. The third-order valence-electron chi connectivity index (χ3n) is 4.89. The number of amides is 1. The van der Waals surface area contributed by atoms with Crippen LogP contribution in [-0.4, -0.2) is 50.0 Å². The minimum atomic E-state index is -1.16. The number of ketones is 1. The molecule has 3 rings (SSSR count). The van der Waals surface area contributed by atoms with E-state index in [2.05, 4.69) is 21.2 Å². The second-order valence-corrected chi connectivity index (χ2v) is 8.34. The summed E-state index contributed by atoms with van der Waals surface area (Å²) >= 11 is 3.30. The van der Waals surface area contributed by atoms with Crippen LogP contribution in [0, 0.1) is 0 Å². The molecule has 176 valence electrons. The van der Waals surface area contributed by atoms with Gasteiger partial charge in [-0.1, -0.05) is 58.4 Å². The normalized spacial score (nSPS) is 16.5. The van der Waals surface area contributed by atoms with Gasteiger partial charge in [0, 0.05) is 16.6 Å². The second-order valence-electron chi connectivity index (χ2n) is 7.43. The molecule has 1 aliphatic rings. The molecule has 9 heteroatoms. The Morgan fingerprint density at radius 1 is 1.03 bits per heavy atom. The van der Waals surface area contributed by atoms with Gasteiger partial charge in [-0.05, 0) is 37.0 Å². The minimum Gasteiger partial charge on any atom is -0.456 e. The first-order chi connectivity index (χ1) is 16.0. The molecule has 0 radical (unpaired) electrons. The van der Waals surface area contributed by atoms with Crippen molar-refractivity contribution >= 4 is 33.8 Å². The molecule has 0 bridgehead atoms. The van der Waals surface area contributed by atoms with Crippen molar-refractivity contribution in [2.45, 2.75) is 38.2 Å². The summed E-state index contributed by atoms with van der Waals surface area (Å²) in [5, 5.41) is 2.46. The molecule has 1 amide bonds. The standard InChI is InChI=1S/C24H26BrNO7/c25-19-11-9-18(10-12-19)21(27)16-32-23(28)20(15-31-22-8-4-5-13-30-22)26-24(29)33-14-17-6-2-1-3-7-17/h1-3,6-7,9-12,20,22H,4-5,8,13-16H2,(H,26,29)/t20-,22?/m0/s1. The summed E-state index contributed by atoms with van der Waals surface area (Å²) < 4.78 is 22.3. The highest BCUT2D eigenvalue weighted by Crippen LogP contribution is 2.14. The first kappa shape index (κ1) is 24.9. The smallest absolute Gasteiger partial charge is 0.408 e. The van der Waals surface area contributed by atoms with Crippen molar-refractivity contribution in [2.75, 3.05) is 19.8 Å². The Hall–Kier alpha value is -2.75. The van der Waals surface area contributed by atoms with Crippen LogP contribution in [0.3, 0.4) is 0 Å². The van der Waals surface area contributed by atoms with Crippen LogP contribution in [-0.2, 0) is 30.3 Å². The van der Waals surface area contributed by atoms with Gasteiger partial charge in [-0.2, -0.15) is 0 Å². The van der Waals surface area contributed by atoms with Gasteiger partial charge in [0.15, 0.2) is 24.7 Å². The fourth-order valence-electron chi connectivity index (χ4n) is 3.08. The highest BCUT2D eigenvalue weighted by molar-refractivity contribution is 9.10. The molecule has 0 saturated carbocycles. The van der Waals surface area contributed by atoms with E-state index in [9.17, 15) is 14.4 Å². The highest BCUT2D eigenvalue weighted by Gasteiger charge is 2.26. The van der Waals surface area contributed by atoms with Crippen molar-refractivity contribution in [2.24, 2.45) is 0 Å². The van der Waals surface area contributed by atoms with E-state index in [1.54, 1.807) is 24.3 Å². The minimum absolute atomic E-state index is 0.0447. The summed E-state index contributed by atoms with van der Waals surface area (Å²) in [6.07, 6.45) is 1.35. The Bertz CT molecular complexity index is 914. The molecule has 33 heavy (non-hydrogen) atoms.